The van der Waals surface area contributed by atoms with Crippen molar-refractivity contribution in [3.63, 3.8) is 0 Å². The van der Waals surface area contributed by atoms with Gasteiger partial charge in [0, 0.05) is 11.8 Å². The third-order valence-electron chi connectivity index (χ3n) is 4.39. The van der Waals surface area contributed by atoms with Crippen LogP contribution in [0.1, 0.15) is 21.9 Å². The minimum atomic E-state index is -0.261. The van der Waals surface area contributed by atoms with E-state index in [4.69, 9.17) is 13.9 Å². The first-order chi connectivity index (χ1) is 14.2. The van der Waals surface area contributed by atoms with Crippen molar-refractivity contribution in [1.82, 2.24) is 9.97 Å². The Morgan fingerprint density at radius 3 is 2.48 bits per heavy atom. The number of allylic oxidation sites excluding steroid dienone is 1. The Hall–Kier alpha value is -3.93. The lowest BCUT2D eigenvalue weighted by Crippen LogP contribution is -2.04. The molecular weight excluding hydrogens is 368 g/mol. The molecule has 0 bridgehead atoms. The highest BCUT2D eigenvalue weighted by Gasteiger charge is 2.21. The minimum Gasteiger partial charge on any atom is -0.493 e. The third-order valence-corrected chi connectivity index (χ3v) is 4.39. The normalized spacial score (nSPS) is 11.4. The van der Waals surface area contributed by atoms with Crippen LogP contribution in [0.4, 0.5) is 0 Å². The van der Waals surface area contributed by atoms with E-state index in [9.17, 15) is 4.79 Å². The third kappa shape index (κ3) is 3.73. The Morgan fingerprint density at radius 2 is 1.76 bits per heavy atom. The number of methoxy groups -OCH3 is 2. The predicted molar refractivity (Wildman–Crippen MR) is 110 cm³/mol. The molecule has 0 aliphatic heterocycles. The number of hydrogen-bond donors (Lipinski definition) is 0. The van der Waals surface area contributed by atoms with Crippen LogP contribution in [0, 0.1) is 0 Å². The van der Waals surface area contributed by atoms with Crippen LogP contribution in [-0.2, 0) is 0 Å². The monoisotopic (exact) mass is 386 g/mol. The van der Waals surface area contributed by atoms with Gasteiger partial charge in [-0.15, -0.1) is 0 Å². The second-order valence-electron chi connectivity index (χ2n) is 6.20. The number of ether oxygens (including phenoxy) is 2. The minimum absolute atomic E-state index is 0.233. The number of ketones is 1. The van der Waals surface area contributed by atoms with Gasteiger partial charge in [0.1, 0.15) is 5.52 Å². The first-order valence-electron chi connectivity index (χ1n) is 8.95. The van der Waals surface area contributed by atoms with Crippen LogP contribution in [0.15, 0.2) is 71.3 Å². The summed E-state index contributed by atoms with van der Waals surface area (Å²) in [5, 5.41) is 0. The van der Waals surface area contributed by atoms with E-state index in [2.05, 4.69) is 9.97 Å². The number of rotatable bonds is 6. The van der Waals surface area contributed by atoms with E-state index in [1.54, 1.807) is 37.6 Å². The topological polar surface area (TPSA) is 74.5 Å². The van der Waals surface area contributed by atoms with Crippen LogP contribution in [0.5, 0.6) is 11.5 Å². The zero-order valence-electron chi connectivity index (χ0n) is 16.0. The number of carbonyl (C=O) groups excluding carboxylic acids is 1. The molecule has 0 saturated carbocycles. The van der Waals surface area contributed by atoms with Gasteiger partial charge in [0.15, 0.2) is 22.9 Å². The first-order valence-corrected chi connectivity index (χ1v) is 8.95. The summed E-state index contributed by atoms with van der Waals surface area (Å²) < 4.78 is 16.5. The van der Waals surface area contributed by atoms with E-state index in [1.807, 2.05) is 42.5 Å². The van der Waals surface area contributed by atoms with Gasteiger partial charge in [-0.2, -0.15) is 0 Å². The highest BCUT2D eigenvalue weighted by molar-refractivity contribution is 6.31. The Kier molecular flexibility index (Phi) is 5.07. The molecule has 2 aromatic carbocycles. The quantitative estimate of drug-likeness (QED) is 0.354. The van der Waals surface area contributed by atoms with E-state index < -0.39 is 0 Å². The van der Waals surface area contributed by atoms with Gasteiger partial charge in [-0.25, -0.2) is 4.98 Å². The van der Waals surface area contributed by atoms with Crippen LogP contribution < -0.4 is 9.47 Å². The van der Waals surface area contributed by atoms with Crippen molar-refractivity contribution >= 4 is 28.5 Å². The van der Waals surface area contributed by atoms with Crippen molar-refractivity contribution in [2.24, 2.45) is 0 Å². The zero-order valence-corrected chi connectivity index (χ0v) is 16.0. The highest BCUT2D eigenvalue weighted by Crippen LogP contribution is 2.31. The van der Waals surface area contributed by atoms with Crippen molar-refractivity contribution in [3.8, 4) is 11.5 Å². The number of carbonyl (C=O) groups is 1. The molecule has 29 heavy (non-hydrogen) atoms. The molecule has 0 amide bonds. The second kappa shape index (κ2) is 7.98. The molecule has 0 N–H and O–H groups in total. The molecule has 4 aromatic rings. The molecule has 2 heterocycles. The Bertz CT molecular complexity index is 1160. The van der Waals surface area contributed by atoms with Crippen LogP contribution in [0.25, 0.3) is 22.7 Å². The van der Waals surface area contributed by atoms with E-state index >= 15 is 0 Å². The Labute approximate surface area is 167 Å². The fourth-order valence-electron chi connectivity index (χ4n) is 2.95. The molecule has 0 unspecified atom stereocenters. The largest absolute Gasteiger partial charge is 0.493 e. The number of nitrogens with zero attached hydrogens (tertiary/aromatic N) is 2. The lowest BCUT2D eigenvalue weighted by molar-refractivity contribution is 0.105. The number of para-hydroxylation sites is 2. The number of Topliss-reactive ketones (excluding diaryl/α,β-unsaturated/α-hetero) is 1. The lowest BCUT2D eigenvalue weighted by Gasteiger charge is -2.09. The van der Waals surface area contributed by atoms with Gasteiger partial charge in [0.2, 0.25) is 5.89 Å². The Morgan fingerprint density at radius 1 is 0.966 bits per heavy atom. The number of aromatic nitrogens is 2. The number of benzene rings is 2. The van der Waals surface area contributed by atoms with Gasteiger partial charge in [-0.1, -0.05) is 18.2 Å². The van der Waals surface area contributed by atoms with E-state index in [-0.39, 0.29) is 11.7 Å². The molecule has 0 saturated heterocycles. The average molecular weight is 386 g/mol. The molecular formula is C23H18N2O4. The van der Waals surface area contributed by atoms with Crippen LogP contribution in [-0.4, -0.2) is 30.0 Å². The smallest absolute Gasteiger partial charge is 0.231 e. The van der Waals surface area contributed by atoms with Gasteiger partial charge in [0.05, 0.1) is 25.5 Å². The molecule has 6 nitrogen and oxygen atoms in total. The van der Waals surface area contributed by atoms with Crippen LogP contribution in [0.2, 0.25) is 0 Å². The van der Waals surface area contributed by atoms with Gasteiger partial charge in [0.25, 0.3) is 0 Å². The first kappa shape index (κ1) is 18.4. The maximum Gasteiger partial charge on any atom is 0.231 e. The molecule has 0 aliphatic rings. The molecule has 0 radical (unpaired) electrons. The molecule has 144 valence electrons. The molecule has 4 rings (SSSR count). The van der Waals surface area contributed by atoms with Gasteiger partial charge in [-0.05, 0) is 48.5 Å². The number of pyridine rings is 1. The summed E-state index contributed by atoms with van der Waals surface area (Å²) in [4.78, 5) is 22.2. The maximum absolute atomic E-state index is 13.4. The van der Waals surface area contributed by atoms with Crippen molar-refractivity contribution in [2.75, 3.05) is 14.2 Å². The van der Waals surface area contributed by atoms with Crippen LogP contribution >= 0.6 is 0 Å². The summed E-state index contributed by atoms with van der Waals surface area (Å²) in [5.41, 5.74) is 2.63. The van der Waals surface area contributed by atoms with E-state index in [0.29, 0.717) is 39.4 Å². The van der Waals surface area contributed by atoms with Crippen molar-refractivity contribution in [3.05, 3.63) is 84.0 Å². The SMILES string of the molecule is COc1ccc(C(=O)C(=Cc2ccccn2)c2nc3ccccc3o2)cc1OC. The lowest BCUT2D eigenvalue weighted by atomic mass is 10.0. The summed E-state index contributed by atoms with van der Waals surface area (Å²) in [6, 6.07) is 17.8. The number of fused-ring (bicyclic) bond motifs is 1. The number of hydrogen-bond acceptors (Lipinski definition) is 6. The van der Waals surface area contributed by atoms with Gasteiger partial charge < -0.3 is 13.9 Å². The molecule has 0 aliphatic carbocycles. The summed E-state index contributed by atoms with van der Waals surface area (Å²) in [7, 11) is 3.07. The maximum atomic E-state index is 13.4. The fraction of sp³-hybridized carbons (Fsp3) is 0.0870. The average Bonchev–Trinajstić information content (AvgIpc) is 3.21. The summed E-state index contributed by atoms with van der Waals surface area (Å²) in [6.07, 6.45) is 3.33. The molecule has 6 heteroatoms. The van der Waals surface area contributed by atoms with E-state index in [0.717, 1.165) is 0 Å². The predicted octanol–water partition coefficient (Wildman–Crippen LogP) is 4.66. The summed E-state index contributed by atoms with van der Waals surface area (Å²) in [6.45, 7) is 0. The molecule has 0 fully saturated rings. The second-order valence-corrected chi connectivity index (χ2v) is 6.20. The van der Waals surface area contributed by atoms with Gasteiger partial charge in [-0.3, -0.25) is 9.78 Å². The van der Waals surface area contributed by atoms with Crippen LogP contribution in [0.3, 0.4) is 0 Å². The van der Waals surface area contributed by atoms with Crippen molar-refractivity contribution in [2.45, 2.75) is 0 Å². The fourth-order valence-corrected chi connectivity index (χ4v) is 2.95. The van der Waals surface area contributed by atoms with E-state index in [1.165, 1.54) is 7.11 Å². The van der Waals surface area contributed by atoms with Gasteiger partial charge >= 0.3 is 0 Å². The Balaban J connectivity index is 1.84. The summed E-state index contributed by atoms with van der Waals surface area (Å²) >= 11 is 0. The van der Waals surface area contributed by atoms with Crippen molar-refractivity contribution in [1.29, 1.82) is 0 Å². The molecule has 0 atom stereocenters. The molecule has 2 aromatic heterocycles. The summed E-state index contributed by atoms with van der Waals surface area (Å²) in [5.74, 6) is 0.981. The molecule has 0 spiro atoms. The van der Waals surface area contributed by atoms with Crippen molar-refractivity contribution < 1.29 is 18.7 Å². The number of oxazole rings is 1. The highest BCUT2D eigenvalue weighted by atomic mass is 16.5. The zero-order chi connectivity index (χ0) is 20.2. The standard InChI is InChI=1S/C23H18N2O4/c1-27-20-11-10-15(13-21(20)28-2)22(26)17(14-16-7-5-6-12-24-16)23-25-18-8-3-4-9-19(18)29-23/h3-14H,1-2H3.